The Labute approximate surface area is 112 Å². The minimum atomic E-state index is -0.375. The fraction of sp³-hybridized carbons (Fsp3) is 0.267. The van der Waals surface area contributed by atoms with Crippen molar-refractivity contribution >= 4 is 11.6 Å². The largest absolute Gasteiger partial charge is 0.395 e. The summed E-state index contributed by atoms with van der Waals surface area (Å²) in [6.45, 7) is 2.08. The monoisotopic (exact) mass is 261 g/mol. The Bertz CT molecular complexity index is 515. The molecule has 3 heteroatoms. The molecule has 0 fully saturated rings. The van der Waals surface area contributed by atoms with Crippen LogP contribution in [0.15, 0.2) is 48.8 Å². The minimum absolute atomic E-state index is 0.0546. The molecule has 0 saturated heterocycles. The molecule has 1 aromatic heterocycles. The number of pyridine rings is 1. The third-order valence-electron chi connectivity index (χ3n) is 3.22. The maximum absolute atomic E-state index is 9.75. The predicted octanol–water partition coefficient (Wildman–Crippen LogP) is 3.23. The quantitative estimate of drug-likeness (QED) is 0.917. The van der Waals surface area contributed by atoms with Gasteiger partial charge in [0.05, 0.1) is 6.61 Å². The second kappa shape index (κ2) is 5.51. The molecule has 1 atom stereocenters. The number of rotatable bonds is 4. The zero-order valence-corrected chi connectivity index (χ0v) is 11.1. The van der Waals surface area contributed by atoms with Crippen molar-refractivity contribution in [2.75, 3.05) is 6.61 Å². The zero-order chi connectivity index (χ0) is 13.0. The molecule has 0 saturated carbocycles. The Morgan fingerprint density at radius 3 is 2.44 bits per heavy atom. The summed E-state index contributed by atoms with van der Waals surface area (Å²) in [5.74, 6) is 0. The second-order valence-electron chi connectivity index (χ2n) is 4.73. The highest BCUT2D eigenvalue weighted by molar-refractivity contribution is 6.31. The smallest absolute Gasteiger partial charge is 0.0529 e. The maximum atomic E-state index is 9.75. The van der Waals surface area contributed by atoms with E-state index in [2.05, 4.69) is 4.98 Å². The van der Waals surface area contributed by atoms with Crippen molar-refractivity contribution in [1.29, 1.82) is 0 Å². The molecule has 94 valence electrons. The van der Waals surface area contributed by atoms with E-state index in [-0.39, 0.29) is 12.0 Å². The average molecular weight is 262 g/mol. The Morgan fingerprint density at radius 1 is 1.17 bits per heavy atom. The van der Waals surface area contributed by atoms with Crippen molar-refractivity contribution in [2.45, 2.75) is 18.8 Å². The van der Waals surface area contributed by atoms with E-state index < -0.39 is 0 Å². The van der Waals surface area contributed by atoms with Gasteiger partial charge in [-0.25, -0.2) is 0 Å². The van der Waals surface area contributed by atoms with Gasteiger partial charge in [0.1, 0.15) is 0 Å². The first-order chi connectivity index (χ1) is 8.65. The Morgan fingerprint density at radius 2 is 1.83 bits per heavy atom. The first-order valence-electron chi connectivity index (χ1n) is 5.90. The highest BCUT2D eigenvalue weighted by atomic mass is 35.5. The van der Waals surface area contributed by atoms with Crippen LogP contribution in [0.25, 0.3) is 0 Å². The van der Waals surface area contributed by atoms with Gasteiger partial charge >= 0.3 is 0 Å². The molecular formula is C15H16ClNO. The van der Waals surface area contributed by atoms with Crippen LogP contribution in [0.1, 0.15) is 18.1 Å². The molecule has 0 amide bonds. The predicted molar refractivity (Wildman–Crippen MR) is 73.8 cm³/mol. The summed E-state index contributed by atoms with van der Waals surface area (Å²) in [6.07, 6.45) is 4.26. The van der Waals surface area contributed by atoms with Gasteiger partial charge in [-0.15, -0.1) is 0 Å². The van der Waals surface area contributed by atoms with Crippen LogP contribution in [0.4, 0.5) is 0 Å². The lowest BCUT2D eigenvalue weighted by Gasteiger charge is -2.29. The number of benzene rings is 1. The summed E-state index contributed by atoms with van der Waals surface area (Å²) in [7, 11) is 0. The van der Waals surface area contributed by atoms with Crippen molar-refractivity contribution in [2.24, 2.45) is 0 Å². The fourth-order valence-electron chi connectivity index (χ4n) is 2.14. The fourth-order valence-corrected chi connectivity index (χ4v) is 2.50. The van der Waals surface area contributed by atoms with Crippen molar-refractivity contribution in [1.82, 2.24) is 4.98 Å². The first-order valence-corrected chi connectivity index (χ1v) is 6.28. The number of hydrogen-bond acceptors (Lipinski definition) is 2. The first kappa shape index (κ1) is 13.1. The molecule has 0 aliphatic rings. The van der Waals surface area contributed by atoms with Crippen molar-refractivity contribution < 1.29 is 5.11 Å². The van der Waals surface area contributed by atoms with E-state index >= 15 is 0 Å². The van der Waals surface area contributed by atoms with Gasteiger partial charge in [-0.1, -0.05) is 36.7 Å². The molecule has 2 aromatic rings. The molecule has 1 heterocycles. The highest BCUT2D eigenvalue weighted by Gasteiger charge is 2.28. The van der Waals surface area contributed by atoms with Crippen molar-refractivity contribution in [3.63, 3.8) is 0 Å². The van der Waals surface area contributed by atoms with Crippen LogP contribution >= 0.6 is 11.6 Å². The molecule has 2 rings (SSSR count). The lowest BCUT2D eigenvalue weighted by Crippen LogP contribution is -2.29. The number of hydrogen-bond donors (Lipinski definition) is 1. The van der Waals surface area contributed by atoms with Gasteiger partial charge in [0.15, 0.2) is 0 Å². The molecule has 0 bridgehead atoms. The van der Waals surface area contributed by atoms with Gasteiger partial charge in [-0.05, 0) is 35.7 Å². The second-order valence-corrected chi connectivity index (χ2v) is 5.14. The lowest BCUT2D eigenvalue weighted by atomic mass is 9.78. The van der Waals surface area contributed by atoms with E-state index in [4.69, 9.17) is 11.6 Å². The van der Waals surface area contributed by atoms with Crippen LogP contribution in [0.5, 0.6) is 0 Å². The minimum Gasteiger partial charge on any atom is -0.395 e. The Kier molecular flexibility index (Phi) is 4.00. The van der Waals surface area contributed by atoms with E-state index in [0.29, 0.717) is 5.02 Å². The molecule has 1 aromatic carbocycles. The van der Waals surface area contributed by atoms with Gasteiger partial charge in [0.2, 0.25) is 0 Å². The standard InChI is InChI=1S/C15H16ClNO/c1-15(11-18,10-12-6-8-17-9-7-12)13-4-2-3-5-14(13)16/h2-9,18H,10-11H2,1H3. The van der Waals surface area contributed by atoms with E-state index in [9.17, 15) is 5.11 Å². The third-order valence-corrected chi connectivity index (χ3v) is 3.55. The van der Waals surface area contributed by atoms with Gasteiger partial charge in [0, 0.05) is 22.8 Å². The number of aromatic nitrogens is 1. The van der Waals surface area contributed by atoms with Crippen LogP contribution < -0.4 is 0 Å². The van der Waals surface area contributed by atoms with Gasteiger partial charge in [-0.2, -0.15) is 0 Å². The normalized spacial score (nSPS) is 14.2. The summed E-state index contributed by atoms with van der Waals surface area (Å²) < 4.78 is 0. The molecular weight excluding hydrogens is 246 g/mol. The average Bonchev–Trinajstić information content (AvgIpc) is 2.40. The van der Waals surface area contributed by atoms with Crippen molar-refractivity contribution in [3.05, 3.63) is 64.9 Å². The van der Waals surface area contributed by atoms with E-state index in [1.807, 2.05) is 43.3 Å². The highest BCUT2D eigenvalue weighted by Crippen LogP contribution is 2.32. The summed E-state index contributed by atoms with van der Waals surface area (Å²) in [5.41, 5.74) is 1.74. The van der Waals surface area contributed by atoms with Gasteiger partial charge < -0.3 is 5.11 Å². The van der Waals surface area contributed by atoms with Crippen LogP contribution in [-0.2, 0) is 11.8 Å². The number of aliphatic hydroxyl groups excluding tert-OH is 1. The molecule has 0 aliphatic heterocycles. The van der Waals surface area contributed by atoms with Crippen LogP contribution in [0.2, 0.25) is 5.02 Å². The topological polar surface area (TPSA) is 33.1 Å². The summed E-state index contributed by atoms with van der Waals surface area (Å²) in [5, 5.41) is 10.4. The maximum Gasteiger partial charge on any atom is 0.0529 e. The van der Waals surface area contributed by atoms with Crippen LogP contribution in [-0.4, -0.2) is 16.7 Å². The number of aliphatic hydroxyl groups is 1. The summed E-state index contributed by atoms with van der Waals surface area (Å²) in [6, 6.07) is 11.6. The van der Waals surface area contributed by atoms with E-state index in [0.717, 1.165) is 17.5 Å². The van der Waals surface area contributed by atoms with Crippen LogP contribution in [0.3, 0.4) is 0 Å². The molecule has 1 unspecified atom stereocenters. The van der Waals surface area contributed by atoms with Gasteiger partial charge in [0.25, 0.3) is 0 Å². The number of nitrogens with zero attached hydrogens (tertiary/aromatic N) is 1. The number of halogens is 1. The molecule has 0 aliphatic carbocycles. The molecule has 2 nitrogen and oxygen atoms in total. The zero-order valence-electron chi connectivity index (χ0n) is 10.3. The summed E-state index contributed by atoms with van der Waals surface area (Å²) in [4.78, 5) is 4.00. The summed E-state index contributed by atoms with van der Waals surface area (Å²) >= 11 is 6.23. The Hall–Kier alpha value is -1.38. The molecule has 0 spiro atoms. The van der Waals surface area contributed by atoms with Crippen LogP contribution in [0, 0.1) is 0 Å². The van der Waals surface area contributed by atoms with Crippen molar-refractivity contribution in [3.8, 4) is 0 Å². The molecule has 18 heavy (non-hydrogen) atoms. The van der Waals surface area contributed by atoms with E-state index in [1.165, 1.54) is 0 Å². The third kappa shape index (κ3) is 2.71. The Balaban J connectivity index is 2.34. The molecule has 1 N–H and O–H groups in total. The lowest BCUT2D eigenvalue weighted by molar-refractivity contribution is 0.205. The van der Waals surface area contributed by atoms with E-state index in [1.54, 1.807) is 12.4 Å². The van der Waals surface area contributed by atoms with Gasteiger partial charge in [-0.3, -0.25) is 4.98 Å². The molecule has 0 radical (unpaired) electrons. The SMILES string of the molecule is CC(CO)(Cc1ccncc1)c1ccccc1Cl.